The van der Waals surface area contributed by atoms with Crippen LogP contribution in [0.2, 0.25) is 0 Å². The Balaban J connectivity index is 2.91. The van der Waals surface area contributed by atoms with Crippen molar-refractivity contribution in [2.75, 3.05) is 11.9 Å². The van der Waals surface area contributed by atoms with Crippen LogP contribution in [0.1, 0.15) is 71.2 Å². The quantitative estimate of drug-likeness (QED) is 0.269. The van der Waals surface area contributed by atoms with E-state index >= 15 is 0 Å². The van der Waals surface area contributed by atoms with Crippen molar-refractivity contribution < 1.29 is 14.3 Å². The first-order valence-corrected chi connectivity index (χ1v) is 9.94. The van der Waals surface area contributed by atoms with E-state index in [2.05, 4.69) is 31.4 Å². The average Bonchev–Trinajstić information content (AvgIpc) is 2.60. The van der Waals surface area contributed by atoms with Crippen molar-refractivity contribution in [3.8, 4) is 6.07 Å². The molecule has 6 nitrogen and oxygen atoms in total. The third-order valence-corrected chi connectivity index (χ3v) is 4.07. The zero-order chi connectivity index (χ0) is 22.1. The molecule has 0 heterocycles. The first-order chi connectivity index (χ1) is 13.5. The highest BCUT2D eigenvalue weighted by Gasteiger charge is 2.25. The second-order valence-corrected chi connectivity index (χ2v) is 8.92. The fraction of sp³-hybridized carbons (Fsp3) is 0.522. The molecule has 0 aliphatic rings. The maximum Gasteiger partial charge on any atom is 0.340 e. The van der Waals surface area contributed by atoms with E-state index in [1.54, 1.807) is 24.3 Å². The second kappa shape index (κ2) is 10.7. The Morgan fingerprint density at radius 1 is 1.17 bits per heavy atom. The van der Waals surface area contributed by atoms with Crippen LogP contribution in [0.5, 0.6) is 0 Å². The van der Waals surface area contributed by atoms with E-state index in [9.17, 15) is 14.9 Å². The van der Waals surface area contributed by atoms with Gasteiger partial charge < -0.3 is 15.4 Å². The van der Waals surface area contributed by atoms with Gasteiger partial charge in [0.25, 0.3) is 5.91 Å². The minimum Gasteiger partial charge on any atom is -0.462 e. The van der Waals surface area contributed by atoms with Crippen LogP contribution in [0.15, 0.2) is 36.0 Å². The van der Waals surface area contributed by atoms with E-state index in [1.807, 2.05) is 26.8 Å². The summed E-state index contributed by atoms with van der Waals surface area (Å²) in [6.07, 6.45) is 3.98. The lowest BCUT2D eigenvalue weighted by Crippen LogP contribution is -2.39. The number of rotatable bonds is 9. The number of benzene rings is 1. The van der Waals surface area contributed by atoms with Crippen molar-refractivity contribution in [1.82, 2.24) is 5.32 Å². The van der Waals surface area contributed by atoms with E-state index in [0.29, 0.717) is 12.3 Å². The fourth-order valence-corrected chi connectivity index (χ4v) is 3.14. The lowest BCUT2D eigenvalue weighted by atomic mass is 9.82. The molecule has 0 saturated carbocycles. The third-order valence-electron chi connectivity index (χ3n) is 4.07. The molecule has 29 heavy (non-hydrogen) atoms. The lowest BCUT2D eigenvalue weighted by molar-refractivity contribution is -0.112. The molecule has 0 saturated heterocycles. The van der Waals surface area contributed by atoms with Crippen LogP contribution in [-0.2, 0) is 9.53 Å². The van der Waals surface area contributed by atoms with Gasteiger partial charge in [-0.2, -0.15) is 5.26 Å². The molecule has 0 spiro atoms. The van der Waals surface area contributed by atoms with E-state index in [4.69, 9.17) is 4.74 Å². The van der Waals surface area contributed by atoms with Crippen molar-refractivity contribution >= 4 is 17.6 Å². The van der Waals surface area contributed by atoms with Gasteiger partial charge in [0.1, 0.15) is 11.6 Å². The number of unbranched alkanes of at least 4 members (excludes halogenated alkanes) is 1. The Hall–Kier alpha value is -2.81. The summed E-state index contributed by atoms with van der Waals surface area (Å²) in [5, 5.41) is 15.2. The number of nitrogens with one attached hydrogen (secondary N) is 2. The predicted molar refractivity (Wildman–Crippen MR) is 115 cm³/mol. The zero-order valence-electron chi connectivity index (χ0n) is 18.4. The molecular weight excluding hydrogens is 366 g/mol. The molecule has 0 atom stereocenters. The molecule has 1 amide bonds. The lowest BCUT2D eigenvalue weighted by Gasteiger charge is -2.33. The summed E-state index contributed by atoms with van der Waals surface area (Å²) in [6, 6.07) is 8.52. The molecule has 0 fully saturated rings. The molecule has 0 aliphatic heterocycles. The monoisotopic (exact) mass is 399 g/mol. The number of carbonyl (C=O) groups is 2. The Morgan fingerprint density at radius 3 is 2.41 bits per heavy atom. The molecule has 1 aromatic carbocycles. The molecule has 1 aromatic rings. The number of ether oxygens (including phenoxy) is 1. The van der Waals surface area contributed by atoms with Gasteiger partial charge in [0, 0.05) is 11.7 Å². The predicted octanol–water partition coefficient (Wildman–Crippen LogP) is 4.79. The number of anilines is 1. The molecular formula is C23H33N3O3. The van der Waals surface area contributed by atoms with Gasteiger partial charge in [0.05, 0.1) is 17.9 Å². The van der Waals surface area contributed by atoms with Crippen LogP contribution in [0.3, 0.4) is 0 Å². The summed E-state index contributed by atoms with van der Waals surface area (Å²) in [5.41, 5.74) is 0.309. The number of nitrogens with zero attached hydrogens (tertiary/aromatic N) is 1. The Bertz CT molecular complexity index is 783. The molecule has 158 valence electrons. The molecule has 0 aromatic heterocycles. The first-order valence-electron chi connectivity index (χ1n) is 9.94. The fourth-order valence-electron chi connectivity index (χ4n) is 3.14. The van der Waals surface area contributed by atoms with E-state index in [1.165, 1.54) is 6.20 Å². The summed E-state index contributed by atoms with van der Waals surface area (Å²) in [4.78, 5) is 24.9. The summed E-state index contributed by atoms with van der Waals surface area (Å²) in [7, 11) is 0. The van der Waals surface area contributed by atoms with Gasteiger partial charge in [-0.05, 0) is 44.2 Å². The number of amides is 1. The van der Waals surface area contributed by atoms with E-state index in [-0.39, 0.29) is 22.1 Å². The number of hydrogen-bond acceptors (Lipinski definition) is 5. The summed E-state index contributed by atoms with van der Waals surface area (Å²) in [6.45, 7) is 12.8. The minimum absolute atomic E-state index is 0.0684. The summed E-state index contributed by atoms with van der Waals surface area (Å²) >= 11 is 0. The van der Waals surface area contributed by atoms with Crippen LogP contribution in [-0.4, -0.2) is 24.0 Å². The van der Waals surface area contributed by atoms with Gasteiger partial charge in [0.15, 0.2) is 0 Å². The highest BCUT2D eigenvalue weighted by molar-refractivity contribution is 6.09. The molecule has 6 heteroatoms. The van der Waals surface area contributed by atoms with Gasteiger partial charge in [-0.1, -0.05) is 46.2 Å². The number of para-hydroxylation sites is 1. The highest BCUT2D eigenvalue weighted by Crippen LogP contribution is 2.27. The summed E-state index contributed by atoms with van der Waals surface area (Å²) in [5.74, 6) is -1.08. The van der Waals surface area contributed by atoms with Crippen LogP contribution in [0.4, 0.5) is 5.69 Å². The topological polar surface area (TPSA) is 91.2 Å². The smallest absolute Gasteiger partial charge is 0.340 e. The first kappa shape index (κ1) is 24.2. The Labute approximate surface area is 174 Å². The Kier molecular flexibility index (Phi) is 8.90. The standard InChI is InChI=1S/C23H33N3O3/c1-7-8-13-29-21(28)18-11-9-10-12-19(18)26-20(27)17(14-24)15-25-23(5,6)16-22(2,3)4/h9-12,15,25H,7-8,13,16H2,1-6H3,(H,26,27)/b17-15-. The van der Waals surface area contributed by atoms with E-state index < -0.39 is 11.9 Å². The number of hydrogen-bond donors (Lipinski definition) is 2. The van der Waals surface area contributed by atoms with Gasteiger partial charge >= 0.3 is 5.97 Å². The maximum atomic E-state index is 12.6. The van der Waals surface area contributed by atoms with Crippen LogP contribution >= 0.6 is 0 Å². The molecule has 0 bridgehead atoms. The van der Waals surface area contributed by atoms with Crippen molar-refractivity contribution in [2.24, 2.45) is 5.41 Å². The van der Waals surface area contributed by atoms with Crippen molar-refractivity contribution in [3.63, 3.8) is 0 Å². The number of nitriles is 1. The minimum atomic E-state index is -0.583. The van der Waals surface area contributed by atoms with Crippen LogP contribution < -0.4 is 10.6 Å². The zero-order valence-corrected chi connectivity index (χ0v) is 18.4. The third kappa shape index (κ3) is 8.82. The largest absolute Gasteiger partial charge is 0.462 e. The SMILES string of the molecule is CCCCOC(=O)c1ccccc1NC(=O)/C(C#N)=C\NC(C)(C)CC(C)(C)C. The number of carbonyl (C=O) groups excluding carboxylic acids is 2. The summed E-state index contributed by atoms with van der Waals surface area (Å²) < 4.78 is 5.23. The molecule has 0 unspecified atom stereocenters. The van der Waals surface area contributed by atoms with Crippen molar-refractivity contribution in [2.45, 2.75) is 66.3 Å². The molecule has 0 radical (unpaired) electrons. The average molecular weight is 400 g/mol. The molecule has 1 rings (SSSR count). The van der Waals surface area contributed by atoms with Gasteiger partial charge in [0.2, 0.25) is 0 Å². The van der Waals surface area contributed by atoms with Gasteiger partial charge in [-0.15, -0.1) is 0 Å². The van der Waals surface area contributed by atoms with E-state index in [0.717, 1.165) is 19.3 Å². The van der Waals surface area contributed by atoms with Gasteiger partial charge in [-0.25, -0.2) is 4.79 Å². The van der Waals surface area contributed by atoms with Crippen LogP contribution in [0, 0.1) is 16.7 Å². The number of esters is 1. The normalized spacial score (nSPS) is 12.1. The second-order valence-electron chi connectivity index (χ2n) is 8.92. The maximum absolute atomic E-state index is 12.6. The molecule has 2 N–H and O–H groups in total. The highest BCUT2D eigenvalue weighted by atomic mass is 16.5. The molecule has 0 aliphatic carbocycles. The van der Waals surface area contributed by atoms with Crippen molar-refractivity contribution in [1.29, 1.82) is 5.26 Å². The van der Waals surface area contributed by atoms with Crippen LogP contribution in [0.25, 0.3) is 0 Å². The van der Waals surface area contributed by atoms with Gasteiger partial charge in [-0.3, -0.25) is 4.79 Å². The Morgan fingerprint density at radius 2 is 1.83 bits per heavy atom. The van der Waals surface area contributed by atoms with Crippen molar-refractivity contribution in [3.05, 3.63) is 41.6 Å².